The third kappa shape index (κ3) is 9.18. The Morgan fingerprint density at radius 2 is 1.64 bits per heavy atom. The summed E-state index contributed by atoms with van der Waals surface area (Å²) in [4.78, 5) is 12.3. The third-order valence-electron chi connectivity index (χ3n) is 4.93. The number of hydrogen-bond acceptors (Lipinski definition) is 6. The molecule has 1 aliphatic heterocycles. The van der Waals surface area contributed by atoms with Crippen molar-refractivity contribution in [2.75, 3.05) is 13.2 Å². The first kappa shape index (κ1) is 25.3. The monoisotopic (exact) mass is 403 g/mol. The fourth-order valence-corrected chi connectivity index (χ4v) is 3.36. The van der Waals surface area contributed by atoms with Gasteiger partial charge in [0.2, 0.25) is 5.91 Å². The molecule has 0 unspecified atom stereocenters. The number of aliphatic hydroxyl groups is 3. The Hall–Kier alpha value is -0.730. The first-order valence-corrected chi connectivity index (χ1v) is 10.7. The molecule has 166 valence electrons. The molecule has 0 aromatic rings. The first-order chi connectivity index (χ1) is 13.2. The van der Waals surface area contributed by atoms with Crippen molar-refractivity contribution < 1.29 is 29.6 Å². The van der Waals surface area contributed by atoms with Crippen LogP contribution in [0.1, 0.15) is 79.1 Å². The second-order valence-corrected chi connectivity index (χ2v) is 9.03. The zero-order chi connectivity index (χ0) is 21.2. The molecule has 7 heteroatoms. The molecule has 1 rings (SSSR count). The van der Waals surface area contributed by atoms with Crippen molar-refractivity contribution >= 4 is 5.91 Å². The maximum Gasteiger partial charge on any atom is 0.221 e. The lowest BCUT2D eigenvalue weighted by Gasteiger charge is -2.42. The zero-order valence-corrected chi connectivity index (χ0v) is 18.0. The van der Waals surface area contributed by atoms with E-state index in [4.69, 9.17) is 9.47 Å². The molecular weight excluding hydrogens is 362 g/mol. The van der Waals surface area contributed by atoms with E-state index in [1.807, 2.05) is 20.8 Å². The molecule has 0 aromatic heterocycles. The maximum atomic E-state index is 12.3. The zero-order valence-electron chi connectivity index (χ0n) is 18.0. The first-order valence-electron chi connectivity index (χ1n) is 10.7. The second kappa shape index (κ2) is 12.8. The van der Waals surface area contributed by atoms with E-state index < -0.39 is 37.3 Å². The number of aliphatic hydroxyl groups excluding tert-OH is 3. The topological polar surface area (TPSA) is 108 Å². The van der Waals surface area contributed by atoms with Crippen LogP contribution in [0.3, 0.4) is 0 Å². The highest BCUT2D eigenvalue weighted by Gasteiger charge is 2.45. The minimum Gasteiger partial charge on any atom is -0.394 e. The summed E-state index contributed by atoms with van der Waals surface area (Å²) in [5.41, 5.74) is -0.203. The normalized spacial score (nSPS) is 28.3. The van der Waals surface area contributed by atoms with Gasteiger partial charge in [-0.1, -0.05) is 66.2 Å². The molecule has 0 aromatic carbocycles. The number of amides is 1. The van der Waals surface area contributed by atoms with Crippen molar-refractivity contribution in [1.82, 2.24) is 5.32 Å². The molecule has 1 fully saturated rings. The Morgan fingerprint density at radius 1 is 1.04 bits per heavy atom. The summed E-state index contributed by atoms with van der Waals surface area (Å²) in [6.45, 7) is 8.05. The van der Waals surface area contributed by atoms with Crippen LogP contribution in [-0.4, -0.2) is 65.1 Å². The van der Waals surface area contributed by atoms with E-state index in [0.29, 0.717) is 6.61 Å². The highest BCUT2D eigenvalue weighted by atomic mass is 16.7. The van der Waals surface area contributed by atoms with Crippen LogP contribution >= 0.6 is 0 Å². The van der Waals surface area contributed by atoms with Crippen molar-refractivity contribution in [3.05, 3.63) is 0 Å². The molecule has 0 saturated carbocycles. The van der Waals surface area contributed by atoms with E-state index in [9.17, 15) is 20.1 Å². The van der Waals surface area contributed by atoms with Crippen LogP contribution in [0.2, 0.25) is 0 Å². The number of ether oxygens (including phenoxy) is 2. The average molecular weight is 404 g/mol. The number of unbranched alkanes of at least 4 members (excludes halogenated alkanes) is 6. The summed E-state index contributed by atoms with van der Waals surface area (Å²) in [6.07, 6.45) is 3.91. The minimum atomic E-state index is -1.29. The van der Waals surface area contributed by atoms with Crippen LogP contribution in [0.25, 0.3) is 0 Å². The maximum absolute atomic E-state index is 12.3. The Morgan fingerprint density at radius 3 is 2.21 bits per heavy atom. The Kier molecular flexibility index (Phi) is 11.5. The van der Waals surface area contributed by atoms with Crippen LogP contribution in [0.4, 0.5) is 0 Å². The van der Waals surface area contributed by atoms with Gasteiger partial charge in [0.1, 0.15) is 24.4 Å². The van der Waals surface area contributed by atoms with Gasteiger partial charge >= 0.3 is 0 Å². The highest BCUT2D eigenvalue weighted by Crippen LogP contribution is 2.24. The molecule has 4 N–H and O–H groups in total. The van der Waals surface area contributed by atoms with Gasteiger partial charge in [0.15, 0.2) is 6.29 Å². The molecule has 1 aliphatic rings. The van der Waals surface area contributed by atoms with Gasteiger partial charge in [-0.3, -0.25) is 4.79 Å². The van der Waals surface area contributed by atoms with E-state index >= 15 is 0 Å². The minimum absolute atomic E-state index is 0.203. The van der Waals surface area contributed by atoms with E-state index in [1.165, 1.54) is 25.7 Å². The van der Waals surface area contributed by atoms with Crippen molar-refractivity contribution in [2.24, 2.45) is 5.41 Å². The summed E-state index contributed by atoms with van der Waals surface area (Å²) in [5.74, 6) is -0.237. The van der Waals surface area contributed by atoms with Crippen molar-refractivity contribution in [3.63, 3.8) is 0 Å². The van der Waals surface area contributed by atoms with E-state index in [0.717, 1.165) is 19.3 Å². The molecule has 7 nitrogen and oxygen atoms in total. The lowest BCUT2D eigenvalue weighted by Crippen LogP contribution is -2.64. The summed E-state index contributed by atoms with van der Waals surface area (Å²) in [5, 5.41) is 32.7. The fourth-order valence-electron chi connectivity index (χ4n) is 3.36. The van der Waals surface area contributed by atoms with E-state index in [2.05, 4.69) is 12.2 Å². The van der Waals surface area contributed by atoms with Gasteiger partial charge in [-0.2, -0.15) is 0 Å². The molecule has 0 radical (unpaired) electrons. The summed E-state index contributed by atoms with van der Waals surface area (Å²) in [7, 11) is 0. The van der Waals surface area contributed by atoms with Crippen LogP contribution < -0.4 is 5.32 Å². The van der Waals surface area contributed by atoms with Gasteiger partial charge in [-0.05, 0) is 11.8 Å². The second-order valence-electron chi connectivity index (χ2n) is 9.03. The molecular formula is C21H41NO6. The quantitative estimate of drug-likeness (QED) is 0.372. The van der Waals surface area contributed by atoms with Gasteiger partial charge in [-0.15, -0.1) is 0 Å². The van der Waals surface area contributed by atoms with E-state index in [1.54, 1.807) is 0 Å². The Labute approximate surface area is 169 Å². The molecule has 28 heavy (non-hydrogen) atoms. The highest BCUT2D eigenvalue weighted by molar-refractivity contribution is 5.77. The number of carbonyl (C=O) groups excluding carboxylic acids is 1. The molecule has 0 aliphatic carbocycles. The predicted molar refractivity (Wildman–Crippen MR) is 108 cm³/mol. The molecule has 1 saturated heterocycles. The summed E-state index contributed by atoms with van der Waals surface area (Å²) >= 11 is 0. The molecule has 1 amide bonds. The van der Waals surface area contributed by atoms with Gasteiger partial charge < -0.3 is 30.1 Å². The number of hydrogen-bond donors (Lipinski definition) is 4. The third-order valence-corrected chi connectivity index (χ3v) is 4.93. The van der Waals surface area contributed by atoms with Crippen LogP contribution in [0, 0.1) is 5.41 Å². The van der Waals surface area contributed by atoms with Crippen LogP contribution in [0.15, 0.2) is 0 Å². The van der Waals surface area contributed by atoms with Gasteiger partial charge in [0.25, 0.3) is 0 Å². The molecule has 0 bridgehead atoms. The van der Waals surface area contributed by atoms with Crippen LogP contribution in [-0.2, 0) is 14.3 Å². The van der Waals surface area contributed by atoms with Gasteiger partial charge in [0.05, 0.1) is 6.61 Å². The lowest BCUT2D eigenvalue weighted by molar-refractivity contribution is -0.270. The number of nitrogens with one attached hydrogen (secondary N) is 1. The van der Waals surface area contributed by atoms with Gasteiger partial charge in [0, 0.05) is 13.0 Å². The molecule has 5 atom stereocenters. The number of carbonyl (C=O) groups is 1. The van der Waals surface area contributed by atoms with Crippen LogP contribution in [0.5, 0.6) is 0 Å². The predicted octanol–water partition coefficient (Wildman–Crippen LogP) is 2.11. The molecule has 0 spiro atoms. The average Bonchev–Trinajstić information content (AvgIpc) is 2.61. The standard InChI is InChI=1S/C21H41NO6/c1-5-6-7-8-9-10-11-12-27-20-17(22-16(24)13-21(2,3)4)19(26)18(25)15(14-23)28-20/h15,17-20,23,25-26H,5-14H2,1-4H3,(H,22,24)/t15-,17-,18-,19-,20-/m1/s1. The Balaban J connectivity index is 2.55. The van der Waals surface area contributed by atoms with Crippen molar-refractivity contribution in [3.8, 4) is 0 Å². The van der Waals surface area contributed by atoms with Gasteiger partial charge in [-0.25, -0.2) is 0 Å². The van der Waals surface area contributed by atoms with E-state index in [-0.39, 0.29) is 17.7 Å². The molecule has 1 heterocycles. The van der Waals surface area contributed by atoms with Crippen molar-refractivity contribution in [1.29, 1.82) is 0 Å². The fraction of sp³-hybridized carbons (Fsp3) is 0.952. The summed E-state index contributed by atoms with van der Waals surface area (Å²) < 4.78 is 11.4. The SMILES string of the molecule is CCCCCCCCCO[C@@H]1O[C@H](CO)[C@@H](O)[C@H](O)[C@H]1NC(=O)CC(C)(C)C. The lowest BCUT2D eigenvalue weighted by atomic mass is 9.91. The largest absolute Gasteiger partial charge is 0.394 e. The number of rotatable bonds is 12. The Bertz CT molecular complexity index is 439. The smallest absolute Gasteiger partial charge is 0.221 e. The summed E-state index contributed by atoms with van der Waals surface area (Å²) in [6, 6.07) is -0.878. The van der Waals surface area contributed by atoms with Crippen molar-refractivity contribution in [2.45, 2.75) is 110 Å².